The van der Waals surface area contributed by atoms with Crippen LogP contribution in [0.5, 0.6) is 0 Å². The Labute approximate surface area is 226 Å². The molecule has 4 heterocycles. The Kier molecular flexibility index (Phi) is 6.86. The van der Waals surface area contributed by atoms with Crippen molar-refractivity contribution in [3.05, 3.63) is 95.4 Å². The van der Waals surface area contributed by atoms with Crippen LogP contribution in [0.4, 0.5) is 16.0 Å². The molecule has 1 atom stereocenters. The molecule has 0 spiro atoms. The lowest BCUT2D eigenvalue weighted by Crippen LogP contribution is -2.31. The van der Waals surface area contributed by atoms with Crippen LogP contribution in [-0.4, -0.2) is 53.1 Å². The van der Waals surface area contributed by atoms with Crippen LogP contribution in [0.3, 0.4) is 0 Å². The van der Waals surface area contributed by atoms with Crippen molar-refractivity contribution in [2.24, 2.45) is 0 Å². The molecule has 39 heavy (non-hydrogen) atoms. The molecular formula is C26H21ClFN9O2. The molecule has 1 unspecified atom stereocenters. The number of aromatic nitrogens is 6. The second-order valence-electron chi connectivity index (χ2n) is 8.52. The highest BCUT2D eigenvalue weighted by molar-refractivity contribution is 6.28. The Morgan fingerprint density at radius 2 is 1.90 bits per heavy atom. The van der Waals surface area contributed by atoms with E-state index in [1.165, 1.54) is 41.7 Å². The van der Waals surface area contributed by atoms with Crippen molar-refractivity contribution in [1.29, 1.82) is 0 Å². The van der Waals surface area contributed by atoms with Gasteiger partial charge in [-0.3, -0.25) is 14.0 Å². The standard InChI is InChI=1S/C26H21ClFN9O2/c1-14(36(2)25(39)18-8-10-32-26(27)33-18)23-35-20(21-22(29)31-11-12-37(21)23)15-6-7-16(17(28)13-15)24(38)34-19-5-3-4-9-30-19/h3-14H,1-2H3,(H2,29,31)(H,30,34,38). The maximum absolute atomic E-state index is 15.2. The third-order valence-corrected chi connectivity index (χ3v) is 6.31. The van der Waals surface area contributed by atoms with Crippen LogP contribution >= 0.6 is 11.6 Å². The van der Waals surface area contributed by atoms with Crippen molar-refractivity contribution < 1.29 is 14.0 Å². The van der Waals surface area contributed by atoms with Crippen LogP contribution in [0.15, 0.2) is 67.3 Å². The molecule has 0 saturated carbocycles. The summed E-state index contributed by atoms with van der Waals surface area (Å²) in [4.78, 5) is 47.9. The molecule has 0 aliphatic rings. The van der Waals surface area contributed by atoms with Gasteiger partial charge in [0, 0.05) is 37.4 Å². The number of hydrogen-bond donors (Lipinski definition) is 2. The second kappa shape index (κ2) is 10.4. The molecule has 0 bridgehead atoms. The number of halogens is 2. The van der Waals surface area contributed by atoms with Gasteiger partial charge in [0.05, 0.1) is 11.6 Å². The smallest absolute Gasteiger partial charge is 0.272 e. The lowest BCUT2D eigenvalue weighted by Gasteiger charge is -2.23. The summed E-state index contributed by atoms with van der Waals surface area (Å²) < 4.78 is 16.9. The lowest BCUT2D eigenvalue weighted by atomic mass is 10.1. The maximum atomic E-state index is 15.2. The summed E-state index contributed by atoms with van der Waals surface area (Å²) in [7, 11) is 1.60. The molecule has 4 aromatic heterocycles. The zero-order valence-corrected chi connectivity index (χ0v) is 21.5. The minimum Gasteiger partial charge on any atom is -0.382 e. The van der Waals surface area contributed by atoms with Gasteiger partial charge in [-0.2, -0.15) is 0 Å². The summed E-state index contributed by atoms with van der Waals surface area (Å²) in [6, 6.07) is 10.0. The molecule has 196 valence electrons. The molecule has 11 nitrogen and oxygen atoms in total. The Bertz CT molecular complexity index is 1710. The first kappa shape index (κ1) is 25.7. The number of hydrogen-bond acceptors (Lipinski definition) is 8. The zero-order valence-electron chi connectivity index (χ0n) is 20.7. The summed E-state index contributed by atoms with van der Waals surface area (Å²) in [5.74, 6) is -0.900. The van der Waals surface area contributed by atoms with E-state index in [-0.39, 0.29) is 22.4 Å². The monoisotopic (exact) mass is 545 g/mol. The van der Waals surface area contributed by atoms with E-state index >= 15 is 4.39 Å². The number of carbonyl (C=O) groups is 2. The number of anilines is 2. The molecule has 1 aromatic carbocycles. The van der Waals surface area contributed by atoms with Crippen molar-refractivity contribution >= 4 is 40.6 Å². The number of fused-ring (bicyclic) bond motifs is 1. The highest BCUT2D eigenvalue weighted by Gasteiger charge is 2.27. The van der Waals surface area contributed by atoms with Gasteiger partial charge in [0.25, 0.3) is 11.8 Å². The molecule has 0 fully saturated rings. The number of amides is 2. The molecule has 0 radical (unpaired) electrons. The minimum atomic E-state index is -0.757. The molecule has 0 aliphatic carbocycles. The number of nitrogens with one attached hydrogen (secondary N) is 1. The Morgan fingerprint density at radius 3 is 2.62 bits per heavy atom. The minimum absolute atomic E-state index is 0.0477. The first-order valence-electron chi connectivity index (χ1n) is 11.6. The van der Waals surface area contributed by atoms with Crippen molar-refractivity contribution in [3.8, 4) is 11.3 Å². The van der Waals surface area contributed by atoms with E-state index in [0.29, 0.717) is 28.4 Å². The molecule has 0 saturated heterocycles. The third-order valence-electron chi connectivity index (χ3n) is 6.12. The van der Waals surface area contributed by atoms with E-state index in [4.69, 9.17) is 22.3 Å². The number of benzene rings is 1. The predicted octanol–water partition coefficient (Wildman–Crippen LogP) is 4.04. The fourth-order valence-corrected chi connectivity index (χ4v) is 4.18. The SMILES string of the molecule is CC(c1nc(-c2ccc(C(=O)Nc3ccccn3)c(F)c2)c2c(N)nccn12)N(C)C(=O)c1ccnc(Cl)n1. The van der Waals surface area contributed by atoms with Crippen molar-refractivity contribution in [2.45, 2.75) is 13.0 Å². The van der Waals surface area contributed by atoms with E-state index < -0.39 is 23.7 Å². The van der Waals surface area contributed by atoms with Gasteiger partial charge in [-0.05, 0) is 48.9 Å². The van der Waals surface area contributed by atoms with Gasteiger partial charge in [-0.15, -0.1) is 0 Å². The van der Waals surface area contributed by atoms with Crippen LogP contribution in [0.25, 0.3) is 16.8 Å². The average molecular weight is 546 g/mol. The van der Waals surface area contributed by atoms with Gasteiger partial charge in [0.15, 0.2) is 0 Å². The van der Waals surface area contributed by atoms with Crippen LogP contribution in [0.1, 0.15) is 39.6 Å². The largest absolute Gasteiger partial charge is 0.382 e. The Morgan fingerprint density at radius 1 is 1.08 bits per heavy atom. The van der Waals surface area contributed by atoms with E-state index in [1.54, 1.807) is 48.8 Å². The Hall–Kier alpha value is -4.97. The van der Waals surface area contributed by atoms with Gasteiger partial charge in [-0.1, -0.05) is 12.1 Å². The van der Waals surface area contributed by atoms with Gasteiger partial charge >= 0.3 is 0 Å². The van der Waals surface area contributed by atoms with Crippen molar-refractivity contribution in [1.82, 2.24) is 34.2 Å². The van der Waals surface area contributed by atoms with E-state index in [9.17, 15) is 9.59 Å². The molecule has 2 amide bonds. The highest BCUT2D eigenvalue weighted by atomic mass is 35.5. The average Bonchev–Trinajstić information content (AvgIpc) is 3.33. The first-order chi connectivity index (χ1) is 18.7. The van der Waals surface area contributed by atoms with Crippen molar-refractivity contribution in [3.63, 3.8) is 0 Å². The molecule has 13 heteroatoms. The van der Waals surface area contributed by atoms with Crippen LogP contribution in [0.2, 0.25) is 5.28 Å². The lowest BCUT2D eigenvalue weighted by molar-refractivity contribution is 0.0730. The van der Waals surface area contributed by atoms with Crippen LogP contribution in [0, 0.1) is 5.82 Å². The third kappa shape index (κ3) is 4.97. The topological polar surface area (TPSA) is 144 Å². The van der Waals surface area contributed by atoms with Gasteiger partial charge in [-0.25, -0.2) is 29.3 Å². The summed E-state index contributed by atoms with van der Waals surface area (Å²) in [6.07, 6.45) is 6.07. The van der Waals surface area contributed by atoms with Crippen LogP contribution in [-0.2, 0) is 0 Å². The quantitative estimate of drug-likeness (QED) is 0.304. The van der Waals surface area contributed by atoms with Gasteiger partial charge < -0.3 is 16.0 Å². The number of imidazole rings is 1. The predicted molar refractivity (Wildman–Crippen MR) is 143 cm³/mol. The molecule has 0 aliphatic heterocycles. The summed E-state index contributed by atoms with van der Waals surface area (Å²) >= 11 is 5.85. The van der Waals surface area contributed by atoms with Crippen molar-refractivity contribution in [2.75, 3.05) is 18.1 Å². The number of nitrogen functional groups attached to an aromatic ring is 1. The number of nitrogens with two attached hydrogens (primary N) is 1. The van der Waals surface area contributed by atoms with E-state index in [0.717, 1.165) is 0 Å². The van der Waals surface area contributed by atoms with Crippen LogP contribution < -0.4 is 11.1 Å². The highest BCUT2D eigenvalue weighted by Crippen LogP contribution is 2.32. The molecule has 3 N–H and O–H groups in total. The fraction of sp³-hybridized carbons (Fsp3) is 0.115. The number of nitrogens with zero attached hydrogens (tertiary/aromatic N) is 7. The number of rotatable bonds is 6. The fourth-order valence-electron chi connectivity index (χ4n) is 4.03. The number of carbonyl (C=O) groups excluding carboxylic acids is 2. The molecule has 5 rings (SSSR count). The normalized spacial score (nSPS) is 11.8. The number of pyridine rings is 1. The molecular weight excluding hydrogens is 525 g/mol. The molecule has 5 aromatic rings. The second-order valence-corrected chi connectivity index (χ2v) is 8.85. The maximum Gasteiger partial charge on any atom is 0.272 e. The van der Waals surface area contributed by atoms with E-state index in [2.05, 4.69) is 25.3 Å². The summed E-state index contributed by atoms with van der Waals surface area (Å²) in [5, 5.41) is 2.51. The van der Waals surface area contributed by atoms with Gasteiger partial charge in [0.2, 0.25) is 5.28 Å². The zero-order chi connectivity index (χ0) is 27.7. The van der Waals surface area contributed by atoms with Gasteiger partial charge in [0.1, 0.15) is 40.2 Å². The first-order valence-corrected chi connectivity index (χ1v) is 12.0. The van der Waals surface area contributed by atoms with E-state index in [1.807, 2.05) is 0 Å². The summed E-state index contributed by atoms with van der Waals surface area (Å²) in [6.45, 7) is 1.78. The Balaban J connectivity index is 1.51. The summed E-state index contributed by atoms with van der Waals surface area (Å²) in [5.41, 5.74) is 7.29.